The van der Waals surface area contributed by atoms with Crippen molar-refractivity contribution in [2.24, 2.45) is 0 Å². The van der Waals surface area contributed by atoms with Gasteiger partial charge in [0.15, 0.2) is 0 Å². The molecule has 0 bridgehead atoms. The minimum absolute atomic E-state index is 0.449. The minimum atomic E-state index is -1.75. The predicted molar refractivity (Wildman–Crippen MR) is 51.7 cm³/mol. The first-order valence-electron chi connectivity index (χ1n) is 4.87. The van der Waals surface area contributed by atoms with Crippen LogP contribution in [0.3, 0.4) is 0 Å². The normalized spacial score (nSPS) is 10.9. The molecule has 0 rings (SSSR count). The van der Waals surface area contributed by atoms with Crippen molar-refractivity contribution in [1.29, 1.82) is 0 Å². The first-order chi connectivity index (χ1) is 6.92. The van der Waals surface area contributed by atoms with Gasteiger partial charge in [0.25, 0.3) is 0 Å². The Morgan fingerprint density at radius 2 is 1.67 bits per heavy atom. The zero-order valence-electron chi connectivity index (χ0n) is 9.19. The van der Waals surface area contributed by atoms with Crippen molar-refractivity contribution >= 4 is 12.2 Å². The van der Waals surface area contributed by atoms with E-state index in [-0.39, 0.29) is 0 Å². The molecule has 0 atom stereocenters. The quantitative estimate of drug-likeness (QED) is 0.578. The van der Waals surface area contributed by atoms with Crippen LogP contribution < -0.4 is 0 Å². The summed E-state index contributed by atoms with van der Waals surface area (Å²) in [6.07, 6.45) is -1.30. The van der Waals surface area contributed by atoms with Gasteiger partial charge in [-0.15, -0.1) is 4.70 Å². The summed E-state index contributed by atoms with van der Waals surface area (Å²) in [6, 6.07) is 0. The van der Waals surface area contributed by atoms with Crippen molar-refractivity contribution in [3.8, 4) is 0 Å². The molecule has 0 aromatic rings. The molecule has 0 aliphatic rings. The van der Waals surface area contributed by atoms with Gasteiger partial charge in [-0.05, 0) is 19.3 Å². The Bertz CT molecular complexity index is 263. The van der Waals surface area contributed by atoms with E-state index in [1.807, 2.05) is 20.8 Å². The first-order valence-corrected chi connectivity index (χ1v) is 4.87. The molecule has 0 saturated carbocycles. The van der Waals surface area contributed by atoms with Gasteiger partial charge in [-0.25, -0.2) is 0 Å². The Hall–Kier alpha value is -1.46. The van der Waals surface area contributed by atoms with Crippen LogP contribution in [0.1, 0.15) is 40.0 Å². The fourth-order valence-electron chi connectivity index (χ4n) is 1.27. The third-order valence-corrected chi connectivity index (χ3v) is 2.59. The Kier molecular flexibility index (Phi) is 4.90. The lowest BCUT2D eigenvalue weighted by Crippen LogP contribution is -2.37. The van der Waals surface area contributed by atoms with Gasteiger partial charge >= 0.3 is 12.2 Å². The zero-order chi connectivity index (χ0) is 12.1. The number of rotatable bonds is 4. The van der Waals surface area contributed by atoms with E-state index in [9.17, 15) is 9.59 Å². The van der Waals surface area contributed by atoms with Gasteiger partial charge in [-0.2, -0.15) is 9.59 Å². The summed E-state index contributed by atoms with van der Waals surface area (Å²) in [4.78, 5) is 21.4. The minimum Gasteiger partial charge on any atom is -0.481 e. The number of nitrogens with zero attached hydrogens (tertiary/aromatic N) is 2. The van der Waals surface area contributed by atoms with Crippen LogP contribution in [0.25, 0.3) is 5.53 Å². The summed E-state index contributed by atoms with van der Waals surface area (Å²) in [6.45, 7) is 5.51. The molecule has 0 spiro atoms. The summed E-state index contributed by atoms with van der Waals surface area (Å²) in [5, 5.41) is 8.34. The van der Waals surface area contributed by atoms with Crippen molar-refractivity contribution in [1.82, 2.24) is 0 Å². The van der Waals surface area contributed by atoms with E-state index in [1.54, 1.807) is 0 Å². The summed E-state index contributed by atoms with van der Waals surface area (Å²) in [5.41, 5.74) is 8.10. The molecular weight excluding hydrogens is 200 g/mol. The van der Waals surface area contributed by atoms with Crippen LogP contribution in [0.15, 0.2) is 0 Å². The third-order valence-electron chi connectivity index (χ3n) is 2.59. The smallest absolute Gasteiger partial charge is 0.481 e. The standard InChI is InChI=1S/C9H16N2O4/c1-4-9(5-2,6-3)15-8(14)11(10)7(12)13/h4-6H2,1-3H3,(H,12,13). The predicted octanol–water partition coefficient (Wildman–Crippen LogP) is 2.80. The number of hydrogen-bond donors (Lipinski definition) is 1. The topological polar surface area (TPSA) is 88.9 Å². The van der Waals surface area contributed by atoms with Crippen molar-refractivity contribution < 1.29 is 24.1 Å². The van der Waals surface area contributed by atoms with E-state index in [0.717, 1.165) is 0 Å². The van der Waals surface area contributed by atoms with E-state index in [0.29, 0.717) is 19.3 Å². The molecule has 6 heteroatoms. The highest BCUT2D eigenvalue weighted by atomic mass is 16.6. The van der Waals surface area contributed by atoms with Crippen LogP contribution >= 0.6 is 0 Å². The van der Waals surface area contributed by atoms with Gasteiger partial charge in [0.2, 0.25) is 0 Å². The SMILES string of the molecule is CCC(CC)(CC)OC(=O)[N+](=[N-])C(=O)O. The fraction of sp³-hybridized carbons (Fsp3) is 0.778. The number of carbonyl (C=O) groups excluding carboxylic acids is 1. The van der Waals surface area contributed by atoms with Crippen LogP contribution in [0, 0.1) is 0 Å². The second-order valence-corrected chi connectivity index (χ2v) is 3.21. The molecule has 15 heavy (non-hydrogen) atoms. The Morgan fingerprint density at radius 1 is 1.27 bits per heavy atom. The van der Waals surface area contributed by atoms with Crippen LogP contribution in [0.4, 0.5) is 9.59 Å². The number of carboxylic acid groups (broad SMARTS) is 1. The van der Waals surface area contributed by atoms with E-state index < -0.39 is 22.5 Å². The Balaban J connectivity index is 4.62. The van der Waals surface area contributed by atoms with Gasteiger partial charge in [0, 0.05) is 0 Å². The maximum absolute atomic E-state index is 11.1. The van der Waals surface area contributed by atoms with Gasteiger partial charge in [0.1, 0.15) is 5.60 Å². The van der Waals surface area contributed by atoms with E-state index in [2.05, 4.69) is 0 Å². The second-order valence-electron chi connectivity index (χ2n) is 3.21. The van der Waals surface area contributed by atoms with Crippen molar-refractivity contribution in [3.63, 3.8) is 0 Å². The molecule has 0 aromatic carbocycles. The molecule has 0 aliphatic carbocycles. The number of imide groups is 1. The van der Waals surface area contributed by atoms with Crippen LogP contribution in [0.2, 0.25) is 0 Å². The summed E-state index contributed by atoms with van der Waals surface area (Å²) in [7, 11) is 0. The maximum Gasteiger partial charge on any atom is 0.597 e. The summed E-state index contributed by atoms with van der Waals surface area (Å²) in [5.74, 6) is 0. The highest BCUT2D eigenvalue weighted by Gasteiger charge is 2.34. The highest BCUT2D eigenvalue weighted by molar-refractivity contribution is 5.71. The molecular formula is C9H16N2O4. The lowest BCUT2D eigenvalue weighted by molar-refractivity contribution is -0.393. The molecule has 0 aromatic heterocycles. The van der Waals surface area contributed by atoms with Crippen LogP contribution in [-0.4, -0.2) is 27.6 Å². The molecule has 0 unspecified atom stereocenters. The number of ether oxygens (including phenoxy) is 1. The van der Waals surface area contributed by atoms with Gasteiger partial charge in [-0.1, -0.05) is 20.8 Å². The third kappa shape index (κ3) is 3.30. The largest absolute Gasteiger partial charge is 0.597 e. The summed E-state index contributed by atoms with van der Waals surface area (Å²) < 4.78 is 4.52. The average molecular weight is 216 g/mol. The monoisotopic (exact) mass is 216 g/mol. The average Bonchev–Trinajstić information content (AvgIpc) is 2.24. The summed E-state index contributed by atoms with van der Waals surface area (Å²) >= 11 is 0. The number of carbonyl (C=O) groups is 2. The Labute approximate surface area is 88.3 Å². The lowest BCUT2D eigenvalue weighted by atomic mass is 9.94. The molecule has 0 saturated heterocycles. The van der Waals surface area contributed by atoms with Crippen molar-refractivity contribution in [2.45, 2.75) is 45.6 Å². The molecule has 2 amide bonds. The van der Waals surface area contributed by atoms with Gasteiger partial charge in [-0.3, -0.25) is 0 Å². The second kappa shape index (κ2) is 5.43. The Morgan fingerprint density at radius 3 is 1.93 bits per heavy atom. The van der Waals surface area contributed by atoms with E-state index in [4.69, 9.17) is 15.4 Å². The number of amides is 2. The van der Waals surface area contributed by atoms with E-state index >= 15 is 0 Å². The molecule has 0 radical (unpaired) electrons. The maximum atomic E-state index is 11.1. The lowest BCUT2D eigenvalue weighted by Gasteiger charge is -2.28. The highest BCUT2D eigenvalue weighted by Crippen LogP contribution is 2.24. The first kappa shape index (κ1) is 13.5. The van der Waals surface area contributed by atoms with E-state index in [1.165, 1.54) is 0 Å². The number of hydrogen-bond acceptors (Lipinski definition) is 3. The molecule has 86 valence electrons. The van der Waals surface area contributed by atoms with Gasteiger partial charge < -0.3 is 15.4 Å². The van der Waals surface area contributed by atoms with Crippen molar-refractivity contribution in [3.05, 3.63) is 5.53 Å². The molecule has 1 N–H and O–H groups in total. The zero-order valence-corrected chi connectivity index (χ0v) is 9.19. The fourth-order valence-corrected chi connectivity index (χ4v) is 1.27. The molecule has 0 aliphatic heterocycles. The van der Waals surface area contributed by atoms with Crippen molar-refractivity contribution in [2.75, 3.05) is 0 Å². The van der Waals surface area contributed by atoms with Crippen LogP contribution in [0.5, 0.6) is 0 Å². The molecule has 0 fully saturated rings. The molecule has 6 nitrogen and oxygen atoms in total. The van der Waals surface area contributed by atoms with Crippen LogP contribution in [-0.2, 0) is 4.74 Å². The molecule has 0 heterocycles. The van der Waals surface area contributed by atoms with Gasteiger partial charge in [0.05, 0.1) is 0 Å².